The highest BCUT2D eigenvalue weighted by Gasteiger charge is 2.31. The summed E-state index contributed by atoms with van der Waals surface area (Å²) < 4.78 is 0. The van der Waals surface area contributed by atoms with Gasteiger partial charge < -0.3 is 4.84 Å². The molecule has 6 heteroatoms. The number of amides is 2. The minimum absolute atomic E-state index is 0.349. The largest absolute Gasteiger partial charge is 0.358 e. The van der Waals surface area contributed by atoms with Gasteiger partial charge in [0.25, 0.3) is 11.8 Å². The molecule has 0 unspecified atom stereocenters. The first-order chi connectivity index (χ1) is 10.2. The molecule has 1 N–H and O–H groups in total. The number of imide groups is 1. The van der Waals surface area contributed by atoms with Crippen molar-refractivity contribution in [2.75, 3.05) is 0 Å². The molecule has 0 spiro atoms. The van der Waals surface area contributed by atoms with Crippen LogP contribution in [-0.2, 0) is 6.42 Å². The summed E-state index contributed by atoms with van der Waals surface area (Å²) in [6, 6.07) is 5.07. The lowest BCUT2D eigenvalue weighted by Gasteiger charge is -2.12. The first-order valence-corrected chi connectivity index (χ1v) is 6.90. The molecule has 2 amide bonds. The van der Waals surface area contributed by atoms with Crippen LogP contribution in [-0.4, -0.2) is 21.8 Å². The Hall–Kier alpha value is -2.63. The molecule has 0 saturated heterocycles. The SMILES string of the molecule is CCCCc1c(On2cccn2)ccc2c1C(=O)NC2=O. The molecule has 0 aliphatic carbocycles. The van der Waals surface area contributed by atoms with Gasteiger partial charge >= 0.3 is 0 Å². The van der Waals surface area contributed by atoms with Crippen molar-refractivity contribution in [3.05, 3.63) is 47.3 Å². The van der Waals surface area contributed by atoms with Gasteiger partial charge in [0.15, 0.2) is 5.75 Å². The fourth-order valence-electron chi connectivity index (χ4n) is 2.41. The van der Waals surface area contributed by atoms with Crippen molar-refractivity contribution < 1.29 is 14.4 Å². The lowest BCUT2D eigenvalue weighted by atomic mass is 9.97. The molecule has 1 aromatic carbocycles. The zero-order valence-electron chi connectivity index (χ0n) is 11.6. The van der Waals surface area contributed by atoms with E-state index in [4.69, 9.17) is 4.84 Å². The van der Waals surface area contributed by atoms with Gasteiger partial charge in [0.1, 0.15) is 0 Å². The molecule has 0 bridgehead atoms. The Labute approximate surface area is 121 Å². The highest BCUT2D eigenvalue weighted by atomic mass is 16.7. The standard InChI is InChI=1S/C15H15N3O3/c1-2-3-5-10-12(21-18-9-4-8-16-18)7-6-11-13(10)15(20)17-14(11)19/h4,6-9H,2-3,5H2,1H3,(H,17,19,20). The van der Waals surface area contributed by atoms with Crippen LogP contribution in [0.3, 0.4) is 0 Å². The van der Waals surface area contributed by atoms with E-state index in [0.717, 1.165) is 18.4 Å². The van der Waals surface area contributed by atoms with E-state index in [2.05, 4.69) is 17.3 Å². The van der Waals surface area contributed by atoms with Crippen molar-refractivity contribution in [2.24, 2.45) is 0 Å². The topological polar surface area (TPSA) is 73.2 Å². The number of nitrogens with one attached hydrogen (secondary N) is 1. The molecule has 21 heavy (non-hydrogen) atoms. The van der Waals surface area contributed by atoms with Gasteiger partial charge in [-0.25, -0.2) is 0 Å². The predicted octanol–water partition coefficient (Wildman–Crippen LogP) is 1.95. The molecule has 1 aliphatic rings. The average Bonchev–Trinajstić information content (AvgIpc) is 3.07. The number of hydrogen-bond donors (Lipinski definition) is 1. The van der Waals surface area contributed by atoms with E-state index < -0.39 is 0 Å². The molecule has 1 aliphatic heterocycles. The third-order valence-corrected chi connectivity index (χ3v) is 3.42. The van der Waals surface area contributed by atoms with E-state index in [9.17, 15) is 9.59 Å². The smallest absolute Gasteiger partial charge is 0.259 e. The molecule has 3 rings (SSSR count). The Morgan fingerprint density at radius 1 is 1.29 bits per heavy atom. The summed E-state index contributed by atoms with van der Waals surface area (Å²) in [7, 11) is 0. The quantitative estimate of drug-likeness (QED) is 0.852. The number of carbonyl (C=O) groups excluding carboxylic acids is 2. The molecule has 0 fully saturated rings. The molecule has 0 radical (unpaired) electrons. The lowest BCUT2D eigenvalue weighted by molar-refractivity contribution is 0.0879. The van der Waals surface area contributed by atoms with Crippen molar-refractivity contribution in [3.63, 3.8) is 0 Å². The van der Waals surface area contributed by atoms with Gasteiger partial charge in [-0.1, -0.05) is 13.3 Å². The van der Waals surface area contributed by atoms with E-state index in [1.165, 1.54) is 4.85 Å². The molecular formula is C15H15N3O3. The molecule has 108 valence electrons. The van der Waals surface area contributed by atoms with Gasteiger partial charge in [-0.05, 0) is 31.0 Å². The van der Waals surface area contributed by atoms with Crippen LogP contribution in [0, 0.1) is 0 Å². The number of carbonyl (C=O) groups is 2. The highest BCUT2D eigenvalue weighted by Crippen LogP contribution is 2.30. The van der Waals surface area contributed by atoms with Crippen LogP contribution >= 0.6 is 0 Å². The first-order valence-electron chi connectivity index (χ1n) is 6.90. The number of rotatable bonds is 5. The van der Waals surface area contributed by atoms with Gasteiger partial charge in [-0.15, -0.1) is 9.94 Å². The van der Waals surface area contributed by atoms with Crippen molar-refractivity contribution in [3.8, 4) is 5.75 Å². The number of fused-ring (bicyclic) bond motifs is 1. The fourth-order valence-corrected chi connectivity index (χ4v) is 2.41. The average molecular weight is 285 g/mol. The molecule has 6 nitrogen and oxygen atoms in total. The summed E-state index contributed by atoms with van der Waals surface area (Å²) in [4.78, 5) is 30.7. The van der Waals surface area contributed by atoms with Crippen molar-refractivity contribution in [2.45, 2.75) is 26.2 Å². The van der Waals surface area contributed by atoms with Crippen LogP contribution in [0.4, 0.5) is 0 Å². The van der Waals surface area contributed by atoms with Crippen molar-refractivity contribution >= 4 is 11.8 Å². The molecule has 2 aromatic rings. The number of aromatic nitrogens is 2. The Balaban J connectivity index is 2.05. The van der Waals surface area contributed by atoms with Gasteiger partial charge in [0.05, 0.1) is 23.5 Å². The zero-order chi connectivity index (χ0) is 14.8. The Kier molecular flexibility index (Phi) is 3.43. The van der Waals surface area contributed by atoms with Gasteiger partial charge in [0.2, 0.25) is 0 Å². The summed E-state index contributed by atoms with van der Waals surface area (Å²) in [6.07, 6.45) is 5.85. The zero-order valence-corrected chi connectivity index (χ0v) is 11.6. The second-order valence-corrected chi connectivity index (χ2v) is 4.85. The molecule has 0 atom stereocenters. The lowest BCUT2D eigenvalue weighted by Crippen LogP contribution is -2.20. The first kappa shape index (κ1) is 13.4. The summed E-state index contributed by atoms with van der Waals surface area (Å²) in [5, 5.41) is 6.32. The monoisotopic (exact) mass is 285 g/mol. The normalized spacial score (nSPS) is 13.2. The Bertz CT molecular complexity index is 692. The van der Waals surface area contributed by atoms with Crippen molar-refractivity contribution in [1.82, 2.24) is 15.3 Å². The van der Waals surface area contributed by atoms with Crippen LogP contribution in [0.15, 0.2) is 30.6 Å². The van der Waals surface area contributed by atoms with E-state index >= 15 is 0 Å². The highest BCUT2D eigenvalue weighted by molar-refractivity contribution is 6.22. The molecule has 0 saturated carbocycles. The van der Waals surface area contributed by atoms with Crippen LogP contribution in [0.2, 0.25) is 0 Å². The maximum atomic E-state index is 12.0. The van der Waals surface area contributed by atoms with Crippen LogP contribution in [0.1, 0.15) is 46.0 Å². The predicted molar refractivity (Wildman–Crippen MR) is 75.1 cm³/mol. The minimum atomic E-state index is -0.355. The third kappa shape index (κ3) is 2.40. The summed E-state index contributed by atoms with van der Waals surface area (Å²) in [5.41, 5.74) is 1.60. The van der Waals surface area contributed by atoms with E-state index in [-0.39, 0.29) is 11.8 Å². The molecule has 1 aromatic heterocycles. The van der Waals surface area contributed by atoms with E-state index in [1.807, 2.05) is 0 Å². The second kappa shape index (κ2) is 5.40. The summed E-state index contributed by atoms with van der Waals surface area (Å²) >= 11 is 0. The summed E-state index contributed by atoms with van der Waals surface area (Å²) in [5.74, 6) is -0.152. The number of benzene rings is 1. The maximum absolute atomic E-state index is 12.0. The molecular weight excluding hydrogens is 270 g/mol. The maximum Gasteiger partial charge on any atom is 0.259 e. The van der Waals surface area contributed by atoms with Crippen LogP contribution < -0.4 is 10.2 Å². The Morgan fingerprint density at radius 2 is 2.14 bits per heavy atom. The van der Waals surface area contributed by atoms with Crippen LogP contribution in [0.5, 0.6) is 5.75 Å². The van der Waals surface area contributed by atoms with Gasteiger partial charge in [0, 0.05) is 5.56 Å². The summed E-state index contributed by atoms with van der Waals surface area (Å²) in [6.45, 7) is 2.07. The Morgan fingerprint density at radius 3 is 2.86 bits per heavy atom. The number of hydrogen-bond acceptors (Lipinski definition) is 4. The fraction of sp³-hybridized carbons (Fsp3) is 0.267. The van der Waals surface area contributed by atoms with Gasteiger partial charge in [-0.2, -0.15) is 0 Å². The third-order valence-electron chi connectivity index (χ3n) is 3.42. The minimum Gasteiger partial charge on any atom is -0.358 e. The second-order valence-electron chi connectivity index (χ2n) is 4.85. The van der Waals surface area contributed by atoms with Crippen molar-refractivity contribution in [1.29, 1.82) is 0 Å². The van der Waals surface area contributed by atoms with E-state index in [0.29, 0.717) is 23.3 Å². The van der Waals surface area contributed by atoms with E-state index in [1.54, 1.807) is 30.6 Å². The van der Waals surface area contributed by atoms with Gasteiger partial charge in [-0.3, -0.25) is 14.9 Å². The van der Waals surface area contributed by atoms with Crippen LogP contribution in [0.25, 0.3) is 0 Å². The number of nitrogens with zero attached hydrogens (tertiary/aromatic N) is 2. The number of unbranched alkanes of at least 4 members (excludes halogenated alkanes) is 1. The molecule has 2 heterocycles.